The second kappa shape index (κ2) is 8.16. The quantitative estimate of drug-likeness (QED) is 0.828. The summed E-state index contributed by atoms with van der Waals surface area (Å²) in [4.78, 5) is 21.8. The maximum Gasteiger partial charge on any atom is 0.225 e. The summed E-state index contributed by atoms with van der Waals surface area (Å²) in [7, 11) is 0. The van der Waals surface area contributed by atoms with Gasteiger partial charge in [-0.2, -0.15) is 4.37 Å². The van der Waals surface area contributed by atoms with Crippen LogP contribution in [0.1, 0.15) is 43.5 Å². The number of benzene rings is 1. The number of aromatic nitrogens is 2. The third-order valence-corrected chi connectivity index (χ3v) is 6.26. The third-order valence-electron chi connectivity index (χ3n) is 5.44. The van der Waals surface area contributed by atoms with Crippen molar-refractivity contribution < 1.29 is 4.79 Å². The Bertz CT molecular complexity index is 726. The second-order valence-electron chi connectivity index (χ2n) is 7.30. The van der Waals surface area contributed by atoms with Crippen LogP contribution < -0.4 is 4.90 Å². The minimum atomic E-state index is 0.278. The SMILES string of the molecule is O=C(C1CCCC1)N1CCCN(c2nc(Cc3ccccc3)ns2)CC1. The molecule has 0 atom stereocenters. The lowest BCUT2D eigenvalue weighted by Crippen LogP contribution is -2.38. The summed E-state index contributed by atoms with van der Waals surface area (Å²) < 4.78 is 4.54. The van der Waals surface area contributed by atoms with E-state index in [1.807, 2.05) is 18.2 Å². The molecule has 0 spiro atoms. The zero-order valence-corrected chi connectivity index (χ0v) is 16.0. The Balaban J connectivity index is 1.36. The van der Waals surface area contributed by atoms with Crippen molar-refractivity contribution in [1.82, 2.24) is 14.3 Å². The van der Waals surface area contributed by atoms with Crippen LogP contribution in [0.3, 0.4) is 0 Å². The van der Waals surface area contributed by atoms with E-state index < -0.39 is 0 Å². The topological polar surface area (TPSA) is 49.3 Å². The number of amides is 1. The van der Waals surface area contributed by atoms with Crippen LogP contribution in [0.25, 0.3) is 0 Å². The fraction of sp³-hybridized carbons (Fsp3) is 0.550. The van der Waals surface area contributed by atoms with Crippen LogP contribution in [0.5, 0.6) is 0 Å². The molecule has 2 aliphatic rings. The first kappa shape index (κ1) is 17.5. The van der Waals surface area contributed by atoms with Gasteiger partial charge in [-0.25, -0.2) is 4.98 Å². The van der Waals surface area contributed by atoms with E-state index in [0.717, 1.165) is 62.8 Å². The third kappa shape index (κ3) is 4.06. The van der Waals surface area contributed by atoms with Crippen molar-refractivity contribution in [1.29, 1.82) is 0 Å². The smallest absolute Gasteiger partial charge is 0.225 e. The summed E-state index contributed by atoms with van der Waals surface area (Å²) in [5.74, 6) is 1.55. The minimum absolute atomic E-state index is 0.278. The van der Waals surface area contributed by atoms with Crippen molar-refractivity contribution in [3.63, 3.8) is 0 Å². The van der Waals surface area contributed by atoms with Crippen LogP contribution in [-0.4, -0.2) is 46.3 Å². The van der Waals surface area contributed by atoms with E-state index in [-0.39, 0.29) is 5.92 Å². The van der Waals surface area contributed by atoms with E-state index in [2.05, 4.69) is 26.3 Å². The van der Waals surface area contributed by atoms with E-state index in [4.69, 9.17) is 4.98 Å². The van der Waals surface area contributed by atoms with Crippen molar-refractivity contribution in [2.45, 2.75) is 38.5 Å². The molecule has 2 aromatic rings. The van der Waals surface area contributed by atoms with Crippen molar-refractivity contribution in [3.05, 3.63) is 41.7 Å². The highest BCUT2D eigenvalue weighted by molar-refractivity contribution is 7.09. The summed E-state index contributed by atoms with van der Waals surface area (Å²) in [6.45, 7) is 3.50. The van der Waals surface area contributed by atoms with Gasteiger partial charge in [0.2, 0.25) is 11.0 Å². The van der Waals surface area contributed by atoms with Gasteiger partial charge in [0.1, 0.15) is 5.82 Å². The molecule has 0 N–H and O–H groups in total. The van der Waals surface area contributed by atoms with Crippen molar-refractivity contribution >= 4 is 22.6 Å². The highest BCUT2D eigenvalue weighted by Gasteiger charge is 2.28. The monoisotopic (exact) mass is 370 g/mol. The zero-order chi connectivity index (χ0) is 17.8. The molecule has 1 aliphatic carbocycles. The molecule has 2 fully saturated rings. The summed E-state index contributed by atoms with van der Waals surface area (Å²) in [5.41, 5.74) is 1.24. The maximum absolute atomic E-state index is 12.7. The number of hydrogen-bond acceptors (Lipinski definition) is 5. The second-order valence-corrected chi connectivity index (χ2v) is 8.03. The van der Waals surface area contributed by atoms with Crippen LogP contribution in [0, 0.1) is 5.92 Å². The molecular weight excluding hydrogens is 344 g/mol. The Hall–Kier alpha value is -1.95. The van der Waals surface area contributed by atoms with Gasteiger partial charge in [0, 0.05) is 50.1 Å². The van der Waals surface area contributed by atoms with Crippen molar-refractivity contribution in [2.24, 2.45) is 5.92 Å². The number of anilines is 1. The van der Waals surface area contributed by atoms with Crippen LogP contribution in [0.2, 0.25) is 0 Å². The molecule has 0 unspecified atom stereocenters. The first-order chi connectivity index (χ1) is 12.8. The molecule has 1 saturated heterocycles. The van der Waals surface area contributed by atoms with Gasteiger partial charge in [-0.15, -0.1) is 0 Å². The van der Waals surface area contributed by atoms with Crippen molar-refractivity contribution in [2.75, 3.05) is 31.1 Å². The van der Waals surface area contributed by atoms with E-state index in [9.17, 15) is 4.79 Å². The fourth-order valence-corrected chi connectivity index (χ4v) is 4.72. The first-order valence-electron chi connectivity index (χ1n) is 9.70. The molecule has 1 saturated carbocycles. The van der Waals surface area contributed by atoms with Gasteiger partial charge in [-0.05, 0) is 24.8 Å². The largest absolute Gasteiger partial charge is 0.345 e. The minimum Gasteiger partial charge on any atom is -0.345 e. The van der Waals surface area contributed by atoms with Crippen LogP contribution >= 0.6 is 11.5 Å². The molecule has 138 valence electrons. The molecule has 1 aromatic carbocycles. The summed E-state index contributed by atoms with van der Waals surface area (Å²) in [6, 6.07) is 10.3. The molecule has 1 amide bonds. The van der Waals surface area contributed by atoms with Crippen LogP contribution in [-0.2, 0) is 11.2 Å². The Morgan fingerprint density at radius 2 is 1.85 bits per heavy atom. The maximum atomic E-state index is 12.7. The number of hydrogen-bond donors (Lipinski definition) is 0. The van der Waals surface area contributed by atoms with Gasteiger partial charge in [-0.1, -0.05) is 43.2 Å². The summed E-state index contributed by atoms with van der Waals surface area (Å²) in [6.07, 6.45) is 6.37. The Kier molecular flexibility index (Phi) is 5.48. The lowest BCUT2D eigenvalue weighted by molar-refractivity contribution is -0.135. The average Bonchev–Trinajstić information content (AvgIpc) is 3.30. The Morgan fingerprint density at radius 3 is 2.65 bits per heavy atom. The molecule has 5 nitrogen and oxygen atoms in total. The van der Waals surface area contributed by atoms with E-state index >= 15 is 0 Å². The Labute approximate surface area is 159 Å². The lowest BCUT2D eigenvalue weighted by atomic mass is 10.1. The zero-order valence-electron chi connectivity index (χ0n) is 15.1. The van der Waals surface area contributed by atoms with Gasteiger partial charge in [0.15, 0.2) is 0 Å². The fourth-order valence-electron chi connectivity index (χ4n) is 3.98. The van der Waals surface area contributed by atoms with Gasteiger partial charge in [0.25, 0.3) is 0 Å². The van der Waals surface area contributed by atoms with Gasteiger partial charge < -0.3 is 9.80 Å². The van der Waals surface area contributed by atoms with Crippen LogP contribution in [0.4, 0.5) is 5.13 Å². The van der Waals surface area contributed by atoms with E-state index in [0.29, 0.717) is 5.91 Å². The molecule has 0 bridgehead atoms. The molecule has 26 heavy (non-hydrogen) atoms. The lowest BCUT2D eigenvalue weighted by Gasteiger charge is -2.24. The number of rotatable bonds is 4. The average molecular weight is 371 g/mol. The molecule has 0 radical (unpaired) electrons. The number of carbonyl (C=O) groups excluding carboxylic acids is 1. The highest BCUT2D eigenvalue weighted by Crippen LogP contribution is 2.27. The molecule has 4 rings (SSSR count). The molecule has 1 aliphatic heterocycles. The number of nitrogens with zero attached hydrogens (tertiary/aromatic N) is 4. The van der Waals surface area contributed by atoms with E-state index in [1.54, 1.807) is 0 Å². The molecular formula is C20H26N4OS. The van der Waals surface area contributed by atoms with Gasteiger partial charge in [-0.3, -0.25) is 4.79 Å². The predicted octanol–water partition coefficient (Wildman–Crippen LogP) is 3.36. The highest BCUT2D eigenvalue weighted by atomic mass is 32.1. The summed E-state index contributed by atoms with van der Waals surface area (Å²) in [5, 5.41) is 0.992. The first-order valence-corrected chi connectivity index (χ1v) is 10.5. The molecule has 1 aromatic heterocycles. The summed E-state index contributed by atoms with van der Waals surface area (Å²) >= 11 is 1.48. The normalized spacial score (nSPS) is 18.9. The van der Waals surface area contributed by atoms with Gasteiger partial charge in [0.05, 0.1) is 0 Å². The Morgan fingerprint density at radius 1 is 1.04 bits per heavy atom. The standard InChI is InChI=1S/C20H26N4OS/c25-19(17-9-4-5-10-17)23-11-6-12-24(14-13-23)20-21-18(22-26-20)15-16-7-2-1-3-8-16/h1-3,7-8,17H,4-6,9-15H2. The van der Waals surface area contributed by atoms with E-state index in [1.165, 1.54) is 29.9 Å². The molecule has 6 heteroatoms. The van der Waals surface area contributed by atoms with Gasteiger partial charge >= 0.3 is 0 Å². The molecule has 2 heterocycles. The predicted molar refractivity (Wildman–Crippen MR) is 105 cm³/mol. The van der Waals surface area contributed by atoms with Crippen molar-refractivity contribution in [3.8, 4) is 0 Å². The van der Waals surface area contributed by atoms with Crippen LogP contribution in [0.15, 0.2) is 30.3 Å². The number of carbonyl (C=O) groups is 1.